The molecular weight excluding hydrogens is 206 g/mol. The molecule has 0 unspecified atom stereocenters. The van der Waals surface area contributed by atoms with Crippen LogP contribution >= 0.6 is 0 Å². The molecule has 4 nitrogen and oxygen atoms in total. The second kappa shape index (κ2) is 5.39. The molecule has 4 heteroatoms. The molecule has 16 heavy (non-hydrogen) atoms. The number of amides is 1. The number of aromatic hydroxyl groups is 2. The van der Waals surface area contributed by atoms with Gasteiger partial charge in [-0.1, -0.05) is 6.92 Å². The maximum Gasteiger partial charge on any atom is 0.253 e. The van der Waals surface area contributed by atoms with Gasteiger partial charge in [-0.2, -0.15) is 0 Å². The minimum atomic E-state index is -0.265. The van der Waals surface area contributed by atoms with E-state index in [1.165, 1.54) is 18.2 Å². The van der Waals surface area contributed by atoms with E-state index in [2.05, 4.69) is 0 Å². The normalized spacial score (nSPS) is 10.1. The van der Waals surface area contributed by atoms with Crippen molar-refractivity contribution >= 4 is 5.91 Å². The van der Waals surface area contributed by atoms with E-state index < -0.39 is 0 Å². The molecule has 0 heterocycles. The highest BCUT2D eigenvalue weighted by molar-refractivity contribution is 5.94. The van der Waals surface area contributed by atoms with Crippen LogP contribution in [0.3, 0.4) is 0 Å². The molecule has 0 atom stereocenters. The number of rotatable bonds is 4. The number of carbonyl (C=O) groups is 1. The van der Waals surface area contributed by atoms with Gasteiger partial charge in [0.25, 0.3) is 5.91 Å². The molecule has 2 N–H and O–H groups in total. The smallest absolute Gasteiger partial charge is 0.253 e. The molecule has 1 aromatic carbocycles. The second-order valence-electron chi connectivity index (χ2n) is 3.59. The Labute approximate surface area is 95.1 Å². The summed E-state index contributed by atoms with van der Waals surface area (Å²) < 4.78 is 0. The third kappa shape index (κ3) is 2.66. The lowest BCUT2D eigenvalue weighted by Crippen LogP contribution is -2.31. The monoisotopic (exact) mass is 223 g/mol. The maximum absolute atomic E-state index is 12.0. The summed E-state index contributed by atoms with van der Waals surface area (Å²) in [6.07, 6.45) is 0.893. The van der Waals surface area contributed by atoms with Gasteiger partial charge in [-0.3, -0.25) is 4.79 Å². The maximum atomic E-state index is 12.0. The van der Waals surface area contributed by atoms with Gasteiger partial charge < -0.3 is 15.1 Å². The van der Waals surface area contributed by atoms with Gasteiger partial charge in [-0.25, -0.2) is 0 Å². The first-order valence-corrected chi connectivity index (χ1v) is 5.41. The Morgan fingerprint density at radius 3 is 2.44 bits per heavy atom. The average molecular weight is 223 g/mol. The molecule has 0 fully saturated rings. The summed E-state index contributed by atoms with van der Waals surface area (Å²) >= 11 is 0. The molecule has 0 aliphatic heterocycles. The Hall–Kier alpha value is -1.71. The van der Waals surface area contributed by atoms with Gasteiger partial charge in [0.15, 0.2) is 11.5 Å². The molecule has 0 bridgehead atoms. The number of carbonyl (C=O) groups excluding carboxylic acids is 1. The van der Waals surface area contributed by atoms with Crippen molar-refractivity contribution in [3.05, 3.63) is 23.8 Å². The van der Waals surface area contributed by atoms with E-state index in [9.17, 15) is 9.90 Å². The summed E-state index contributed by atoms with van der Waals surface area (Å²) in [5, 5.41) is 18.5. The first-order valence-electron chi connectivity index (χ1n) is 5.41. The van der Waals surface area contributed by atoms with Gasteiger partial charge in [0, 0.05) is 18.7 Å². The van der Waals surface area contributed by atoms with Crippen molar-refractivity contribution in [1.82, 2.24) is 4.90 Å². The largest absolute Gasteiger partial charge is 0.504 e. The molecule has 0 aromatic heterocycles. The third-order valence-corrected chi connectivity index (χ3v) is 2.38. The minimum Gasteiger partial charge on any atom is -0.504 e. The van der Waals surface area contributed by atoms with Crippen molar-refractivity contribution in [3.8, 4) is 11.5 Å². The topological polar surface area (TPSA) is 60.8 Å². The molecular formula is C12H17NO3. The number of hydrogen-bond acceptors (Lipinski definition) is 3. The number of hydrogen-bond donors (Lipinski definition) is 2. The Kier molecular flexibility index (Phi) is 4.17. The van der Waals surface area contributed by atoms with E-state index in [0.29, 0.717) is 18.7 Å². The van der Waals surface area contributed by atoms with Crippen LogP contribution in [0.25, 0.3) is 0 Å². The molecule has 0 spiro atoms. The summed E-state index contributed by atoms with van der Waals surface area (Å²) in [6, 6.07) is 4.12. The third-order valence-electron chi connectivity index (χ3n) is 2.38. The van der Waals surface area contributed by atoms with E-state index in [-0.39, 0.29) is 17.4 Å². The van der Waals surface area contributed by atoms with Gasteiger partial charge in [-0.05, 0) is 31.5 Å². The van der Waals surface area contributed by atoms with Gasteiger partial charge in [0.1, 0.15) is 0 Å². The molecule has 0 aliphatic rings. The van der Waals surface area contributed by atoms with Crippen LogP contribution in [0.1, 0.15) is 30.6 Å². The average Bonchev–Trinajstić information content (AvgIpc) is 2.28. The predicted molar refractivity (Wildman–Crippen MR) is 61.6 cm³/mol. The first-order chi connectivity index (χ1) is 7.60. The number of benzene rings is 1. The van der Waals surface area contributed by atoms with Crippen molar-refractivity contribution in [1.29, 1.82) is 0 Å². The molecule has 1 amide bonds. The Morgan fingerprint density at radius 1 is 1.25 bits per heavy atom. The van der Waals surface area contributed by atoms with Gasteiger partial charge >= 0.3 is 0 Å². The summed E-state index contributed by atoms with van der Waals surface area (Å²) in [7, 11) is 0. The Bertz CT molecular complexity index is 377. The lowest BCUT2D eigenvalue weighted by molar-refractivity contribution is 0.0764. The van der Waals surface area contributed by atoms with Crippen LogP contribution in [0.4, 0.5) is 0 Å². The van der Waals surface area contributed by atoms with Crippen LogP contribution in [-0.4, -0.2) is 34.1 Å². The van der Waals surface area contributed by atoms with Crippen molar-refractivity contribution in [3.63, 3.8) is 0 Å². The summed E-state index contributed by atoms with van der Waals surface area (Å²) in [6.45, 7) is 5.24. The van der Waals surface area contributed by atoms with Gasteiger partial charge in [0.2, 0.25) is 0 Å². The van der Waals surface area contributed by atoms with Gasteiger partial charge in [0.05, 0.1) is 0 Å². The molecule has 0 saturated carbocycles. The highest BCUT2D eigenvalue weighted by atomic mass is 16.3. The predicted octanol–water partition coefficient (Wildman–Crippen LogP) is 1.97. The fourth-order valence-electron chi connectivity index (χ4n) is 1.51. The summed E-state index contributed by atoms with van der Waals surface area (Å²) in [4.78, 5) is 13.7. The fourth-order valence-corrected chi connectivity index (χ4v) is 1.51. The quantitative estimate of drug-likeness (QED) is 0.767. The van der Waals surface area contributed by atoms with E-state index in [1.807, 2.05) is 13.8 Å². The minimum absolute atomic E-state index is 0.125. The van der Waals surface area contributed by atoms with Crippen LogP contribution < -0.4 is 0 Å². The molecule has 0 saturated heterocycles. The SMILES string of the molecule is CCCN(CC)C(=O)c1ccc(O)c(O)c1. The number of phenolic OH excluding ortho intramolecular Hbond substituents is 2. The van der Waals surface area contributed by atoms with Crippen LogP contribution in [0.15, 0.2) is 18.2 Å². The van der Waals surface area contributed by atoms with E-state index >= 15 is 0 Å². The fraction of sp³-hybridized carbons (Fsp3) is 0.417. The van der Waals surface area contributed by atoms with E-state index in [0.717, 1.165) is 6.42 Å². The van der Waals surface area contributed by atoms with Crippen molar-refractivity contribution < 1.29 is 15.0 Å². The number of nitrogens with zero attached hydrogens (tertiary/aromatic N) is 1. The van der Waals surface area contributed by atoms with Crippen molar-refractivity contribution in [2.24, 2.45) is 0 Å². The zero-order valence-electron chi connectivity index (χ0n) is 9.60. The van der Waals surface area contributed by atoms with Crippen molar-refractivity contribution in [2.45, 2.75) is 20.3 Å². The standard InChI is InChI=1S/C12H17NO3/c1-3-7-13(4-2)12(16)9-5-6-10(14)11(15)8-9/h5-6,8,14-15H,3-4,7H2,1-2H3. The van der Waals surface area contributed by atoms with Crippen LogP contribution in [0.5, 0.6) is 11.5 Å². The Balaban J connectivity index is 2.90. The number of phenols is 2. The zero-order valence-corrected chi connectivity index (χ0v) is 9.60. The zero-order chi connectivity index (χ0) is 12.1. The summed E-state index contributed by atoms with van der Waals surface area (Å²) in [5.74, 6) is -0.604. The summed E-state index contributed by atoms with van der Waals surface area (Å²) in [5.41, 5.74) is 0.394. The van der Waals surface area contributed by atoms with E-state index in [4.69, 9.17) is 5.11 Å². The molecule has 1 aromatic rings. The second-order valence-corrected chi connectivity index (χ2v) is 3.59. The molecule has 0 radical (unpaired) electrons. The highest BCUT2D eigenvalue weighted by Gasteiger charge is 2.14. The van der Waals surface area contributed by atoms with Crippen LogP contribution in [0, 0.1) is 0 Å². The van der Waals surface area contributed by atoms with Crippen LogP contribution in [0.2, 0.25) is 0 Å². The molecule has 88 valence electrons. The van der Waals surface area contributed by atoms with Gasteiger partial charge in [-0.15, -0.1) is 0 Å². The first kappa shape index (κ1) is 12.4. The molecule has 1 rings (SSSR count). The highest BCUT2D eigenvalue weighted by Crippen LogP contribution is 2.25. The van der Waals surface area contributed by atoms with E-state index in [1.54, 1.807) is 4.90 Å². The molecule has 0 aliphatic carbocycles. The lowest BCUT2D eigenvalue weighted by atomic mass is 10.1. The van der Waals surface area contributed by atoms with Crippen molar-refractivity contribution in [2.75, 3.05) is 13.1 Å². The Morgan fingerprint density at radius 2 is 1.94 bits per heavy atom. The van der Waals surface area contributed by atoms with Crippen LogP contribution in [-0.2, 0) is 0 Å². The lowest BCUT2D eigenvalue weighted by Gasteiger charge is -2.20.